The predicted octanol–water partition coefficient (Wildman–Crippen LogP) is 3.12. The maximum atomic E-state index is 12.4. The van der Waals surface area contributed by atoms with E-state index < -0.39 is 5.60 Å². The average Bonchev–Trinajstić information content (AvgIpc) is 3.09. The molecule has 1 amide bonds. The molecule has 0 aromatic carbocycles. The second-order valence-electron chi connectivity index (χ2n) is 9.66. The van der Waals surface area contributed by atoms with Gasteiger partial charge in [0.05, 0.1) is 0 Å². The Morgan fingerprint density at radius 1 is 1.17 bits per heavy atom. The van der Waals surface area contributed by atoms with Crippen molar-refractivity contribution in [3.05, 3.63) is 24.0 Å². The van der Waals surface area contributed by atoms with Gasteiger partial charge in [0.2, 0.25) is 5.95 Å². The van der Waals surface area contributed by atoms with Crippen molar-refractivity contribution < 1.29 is 9.53 Å². The second kappa shape index (κ2) is 7.14. The molecule has 1 saturated carbocycles. The van der Waals surface area contributed by atoms with Gasteiger partial charge in [-0.05, 0) is 39.7 Å². The van der Waals surface area contributed by atoms with Crippen molar-refractivity contribution in [1.82, 2.24) is 25.1 Å². The average molecular weight is 412 g/mol. The molecule has 9 nitrogen and oxygen atoms in total. The topological polar surface area (TPSA) is 99.3 Å². The van der Waals surface area contributed by atoms with Gasteiger partial charge >= 0.3 is 6.09 Å². The number of hydrogen-bond acceptors (Lipinski definition) is 7. The maximum absolute atomic E-state index is 12.4. The highest BCUT2D eigenvalue weighted by molar-refractivity contribution is 5.68. The number of amides is 1. The zero-order valence-electron chi connectivity index (χ0n) is 17.8. The highest BCUT2D eigenvalue weighted by Crippen LogP contribution is 2.39. The number of likely N-dealkylation sites (tertiary alicyclic amines) is 1. The van der Waals surface area contributed by atoms with Gasteiger partial charge in [-0.15, -0.1) is 0 Å². The third kappa shape index (κ3) is 4.06. The van der Waals surface area contributed by atoms with Gasteiger partial charge in [0, 0.05) is 61.9 Å². The molecule has 2 unspecified atom stereocenters. The smallest absolute Gasteiger partial charge is 0.410 e. The molecule has 2 N–H and O–H groups in total. The molecule has 2 aromatic heterocycles. The first-order chi connectivity index (χ1) is 14.3. The number of aromatic amines is 1. The first-order valence-electron chi connectivity index (χ1n) is 10.7. The van der Waals surface area contributed by atoms with Crippen molar-refractivity contribution in [1.29, 1.82) is 0 Å². The van der Waals surface area contributed by atoms with Gasteiger partial charge in [-0.25, -0.2) is 9.78 Å². The van der Waals surface area contributed by atoms with Gasteiger partial charge < -0.3 is 19.9 Å². The molecule has 0 spiro atoms. The Morgan fingerprint density at radius 3 is 2.57 bits per heavy atom. The monoisotopic (exact) mass is 411 g/mol. The number of fused-ring (bicyclic) bond motifs is 1. The Balaban J connectivity index is 1.20. The normalized spacial score (nSPS) is 23.6. The number of nitrogens with zero attached hydrogens (tertiary/aromatic N) is 5. The fourth-order valence-electron chi connectivity index (χ4n) is 4.34. The summed E-state index contributed by atoms with van der Waals surface area (Å²) in [7, 11) is 0. The summed E-state index contributed by atoms with van der Waals surface area (Å²) >= 11 is 0. The van der Waals surface area contributed by atoms with E-state index in [0.29, 0.717) is 17.8 Å². The van der Waals surface area contributed by atoms with E-state index in [1.54, 1.807) is 6.20 Å². The Morgan fingerprint density at radius 2 is 1.90 bits per heavy atom. The number of carbonyl (C=O) groups is 1. The highest BCUT2D eigenvalue weighted by Gasteiger charge is 2.43. The van der Waals surface area contributed by atoms with E-state index in [1.807, 2.05) is 31.7 Å². The first kappa shape index (κ1) is 19.1. The summed E-state index contributed by atoms with van der Waals surface area (Å²) in [4.78, 5) is 25.6. The lowest BCUT2D eigenvalue weighted by Gasteiger charge is -2.26. The number of anilines is 3. The zero-order valence-corrected chi connectivity index (χ0v) is 17.8. The molecule has 3 aliphatic rings. The van der Waals surface area contributed by atoms with Crippen LogP contribution in [0.2, 0.25) is 0 Å². The second-order valence-corrected chi connectivity index (χ2v) is 9.66. The first-order valence-corrected chi connectivity index (χ1v) is 10.7. The van der Waals surface area contributed by atoms with Gasteiger partial charge in [-0.1, -0.05) is 0 Å². The van der Waals surface area contributed by atoms with Crippen LogP contribution in [0.4, 0.5) is 22.4 Å². The van der Waals surface area contributed by atoms with Gasteiger partial charge in [-0.2, -0.15) is 10.1 Å². The summed E-state index contributed by atoms with van der Waals surface area (Å²) in [6.45, 7) is 8.85. The molecule has 0 bridgehead atoms. The minimum Gasteiger partial charge on any atom is -0.444 e. The number of H-pyrrole nitrogens is 1. The lowest BCUT2D eigenvalue weighted by atomic mass is 10.0. The molecule has 4 heterocycles. The Hall–Kier alpha value is -2.84. The lowest BCUT2D eigenvalue weighted by Crippen LogP contribution is -2.37. The van der Waals surface area contributed by atoms with E-state index in [-0.39, 0.29) is 6.09 Å². The van der Waals surface area contributed by atoms with Crippen molar-refractivity contribution in [2.24, 2.45) is 11.8 Å². The number of hydrogen-bond donors (Lipinski definition) is 2. The van der Waals surface area contributed by atoms with Crippen LogP contribution >= 0.6 is 0 Å². The molecule has 3 fully saturated rings. The number of ether oxygens (including phenoxy) is 1. The third-order valence-electron chi connectivity index (χ3n) is 5.93. The molecule has 30 heavy (non-hydrogen) atoms. The lowest BCUT2D eigenvalue weighted by molar-refractivity contribution is 0.0282. The Bertz CT molecular complexity index is 919. The van der Waals surface area contributed by atoms with Gasteiger partial charge in [0.1, 0.15) is 11.4 Å². The van der Waals surface area contributed by atoms with Crippen LogP contribution in [0.15, 0.2) is 18.3 Å². The molecule has 2 atom stereocenters. The van der Waals surface area contributed by atoms with Gasteiger partial charge in [0.15, 0.2) is 5.82 Å². The summed E-state index contributed by atoms with van der Waals surface area (Å²) in [5.41, 5.74) is 0.726. The van der Waals surface area contributed by atoms with E-state index in [1.165, 1.54) is 18.5 Å². The third-order valence-corrected chi connectivity index (χ3v) is 5.93. The van der Waals surface area contributed by atoms with Crippen LogP contribution < -0.4 is 10.2 Å². The van der Waals surface area contributed by atoms with E-state index in [2.05, 4.69) is 31.5 Å². The molecular formula is C21H29N7O2. The highest BCUT2D eigenvalue weighted by atomic mass is 16.6. The summed E-state index contributed by atoms with van der Waals surface area (Å²) in [6.07, 6.45) is 4.04. The van der Waals surface area contributed by atoms with Crippen LogP contribution in [0.1, 0.15) is 45.2 Å². The number of nitrogens with one attached hydrogen (secondary N) is 2. The minimum absolute atomic E-state index is 0.213. The Kier molecular flexibility index (Phi) is 4.56. The molecule has 1 aliphatic carbocycles. The van der Waals surface area contributed by atoms with E-state index in [9.17, 15) is 4.79 Å². The van der Waals surface area contributed by atoms with E-state index >= 15 is 0 Å². The summed E-state index contributed by atoms with van der Waals surface area (Å²) in [6, 6.07) is 3.92. The quantitative estimate of drug-likeness (QED) is 0.797. The predicted molar refractivity (Wildman–Crippen MR) is 113 cm³/mol. The molecule has 9 heteroatoms. The minimum atomic E-state index is -0.462. The molecule has 5 rings (SSSR count). The molecule has 2 saturated heterocycles. The number of aromatic nitrogens is 4. The molecular weight excluding hydrogens is 382 g/mol. The summed E-state index contributed by atoms with van der Waals surface area (Å²) in [5, 5.41) is 10.7. The molecule has 2 aliphatic heterocycles. The summed E-state index contributed by atoms with van der Waals surface area (Å²) < 4.78 is 5.52. The molecule has 2 aromatic rings. The van der Waals surface area contributed by atoms with Crippen LogP contribution in [0.25, 0.3) is 0 Å². The van der Waals surface area contributed by atoms with Crippen LogP contribution in [0.3, 0.4) is 0 Å². The standard InChI is InChI=1S/C21H29N7O2/c1-21(2,3)30-20(29)28-11-14-9-27(10-15(14)12-28)19-22-7-6-17(24-19)23-18-8-16(25-26-18)13-4-5-13/h6-8,13-15H,4-5,9-12H2,1-3H3,(H2,22,23,24,25,26). The van der Waals surface area contributed by atoms with Crippen molar-refractivity contribution >= 4 is 23.7 Å². The van der Waals surface area contributed by atoms with Crippen LogP contribution in [-0.2, 0) is 4.74 Å². The fourth-order valence-corrected chi connectivity index (χ4v) is 4.34. The van der Waals surface area contributed by atoms with E-state index in [4.69, 9.17) is 9.72 Å². The van der Waals surface area contributed by atoms with Crippen molar-refractivity contribution in [2.75, 3.05) is 36.4 Å². The number of rotatable bonds is 4. The van der Waals surface area contributed by atoms with Crippen molar-refractivity contribution in [3.63, 3.8) is 0 Å². The molecule has 0 radical (unpaired) electrons. The van der Waals surface area contributed by atoms with Crippen LogP contribution in [0.5, 0.6) is 0 Å². The molecule has 160 valence electrons. The SMILES string of the molecule is CC(C)(C)OC(=O)N1CC2CN(c3nccc(Nc4cc(C5CC5)[nH]n4)n3)CC2C1. The van der Waals surface area contributed by atoms with Crippen molar-refractivity contribution in [2.45, 2.75) is 45.1 Å². The maximum Gasteiger partial charge on any atom is 0.410 e. The summed E-state index contributed by atoms with van der Waals surface area (Å²) in [5.74, 6) is 3.72. The Labute approximate surface area is 176 Å². The van der Waals surface area contributed by atoms with Gasteiger partial charge in [0.25, 0.3) is 0 Å². The van der Waals surface area contributed by atoms with Gasteiger partial charge in [-0.3, -0.25) is 5.10 Å². The van der Waals surface area contributed by atoms with E-state index in [0.717, 1.165) is 43.8 Å². The largest absolute Gasteiger partial charge is 0.444 e. The van der Waals surface area contributed by atoms with Crippen molar-refractivity contribution in [3.8, 4) is 0 Å². The fraction of sp³-hybridized carbons (Fsp3) is 0.619. The number of carbonyl (C=O) groups excluding carboxylic acids is 1. The van der Waals surface area contributed by atoms with Crippen LogP contribution in [0, 0.1) is 11.8 Å². The van der Waals surface area contributed by atoms with Crippen LogP contribution in [-0.4, -0.2) is 62.9 Å². The zero-order chi connectivity index (χ0) is 20.9.